The minimum absolute atomic E-state index is 0.0135. The van der Waals surface area contributed by atoms with Gasteiger partial charge in [0.2, 0.25) is 0 Å². The number of nitrogens with one attached hydrogen (secondary N) is 2. The average Bonchev–Trinajstić information content (AvgIpc) is 3.29. The molecule has 0 aliphatic carbocycles. The van der Waals surface area contributed by atoms with Crippen molar-refractivity contribution in [1.82, 2.24) is 19.2 Å². The van der Waals surface area contributed by atoms with Gasteiger partial charge in [0, 0.05) is 23.4 Å². The van der Waals surface area contributed by atoms with E-state index in [1.165, 1.54) is 21.1 Å². The lowest BCUT2D eigenvalue weighted by molar-refractivity contribution is -1.03. The monoisotopic (exact) mass is 456 g/mol. The first kappa shape index (κ1) is 20.2. The highest BCUT2D eigenvalue weighted by molar-refractivity contribution is 8.01. The van der Waals surface area contributed by atoms with Crippen LogP contribution in [0.3, 0.4) is 0 Å². The van der Waals surface area contributed by atoms with Crippen molar-refractivity contribution in [1.29, 1.82) is 0 Å². The Balaban J connectivity index is 1.32. The lowest BCUT2D eigenvalue weighted by Crippen LogP contribution is -3.27. The molecule has 1 aliphatic rings. The van der Waals surface area contributed by atoms with Gasteiger partial charge < -0.3 is 9.80 Å². The van der Waals surface area contributed by atoms with Crippen molar-refractivity contribution in [2.45, 2.75) is 30.9 Å². The van der Waals surface area contributed by atoms with Crippen molar-refractivity contribution in [2.75, 3.05) is 31.9 Å². The van der Waals surface area contributed by atoms with Gasteiger partial charge in [0.1, 0.15) is 38.4 Å². The molecule has 7 nitrogen and oxygen atoms in total. The first-order valence-corrected chi connectivity index (χ1v) is 12.5. The Morgan fingerprint density at radius 1 is 1.29 bits per heavy atom. The number of hydrogen-bond acceptors (Lipinski definition) is 7. The summed E-state index contributed by atoms with van der Waals surface area (Å²) >= 11 is 10.4. The maximum Gasteiger partial charge on any atom is 0.258 e. The summed E-state index contributed by atoms with van der Waals surface area (Å²) in [5.41, 5.74) is 0.907. The standard InChI is InChI=1S/C17H22N6OS4/c1-2-8-27-16-19-23(17(25)28-16)12-21-5-3-20(4-6-21)11-13-10-14(24)22-7-9-26-15(22)18-13/h7,9-10H,2-6,8,11-12H2,1H3/p+2. The number of rotatable bonds is 7. The van der Waals surface area contributed by atoms with Gasteiger partial charge in [-0.15, -0.1) is 16.4 Å². The molecule has 150 valence electrons. The van der Waals surface area contributed by atoms with Gasteiger partial charge >= 0.3 is 0 Å². The number of fused-ring (bicyclic) bond motifs is 1. The molecule has 0 radical (unpaired) electrons. The summed E-state index contributed by atoms with van der Waals surface area (Å²) in [6.45, 7) is 8.12. The van der Waals surface area contributed by atoms with E-state index in [9.17, 15) is 4.79 Å². The molecule has 0 unspecified atom stereocenters. The van der Waals surface area contributed by atoms with E-state index in [1.54, 1.807) is 39.8 Å². The largest absolute Gasteiger partial charge is 0.321 e. The fourth-order valence-corrected chi connectivity index (χ4v) is 6.37. The molecule has 1 fully saturated rings. The summed E-state index contributed by atoms with van der Waals surface area (Å²) in [5.74, 6) is 1.09. The Hall–Kier alpha value is -1.11. The Kier molecular flexibility index (Phi) is 6.59. The zero-order valence-electron chi connectivity index (χ0n) is 15.7. The van der Waals surface area contributed by atoms with Crippen LogP contribution in [0.4, 0.5) is 0 Å². The molecule has 3 aromatic rings. The lowest BCUT2D eigenvalue weighted by atomic mass is 10.3. The first-order chi connectivity index (χ1) is 13.6. The highest BCUT2D eigenvalue weighted by Crippen LogP contribution is 2.22. The van der Waals surface area contributed by atoms with Crippen molar-refractivity contribution in [3.05, 3.63) is 37.6 Å². The predicted molar refractivity (Wildman–Crippen MR) is 116 cm³/mol. The topological polar surface area (TPSA) is 61.1 Å². The molecule has 0 bridgehead atoms. The minimum Gasteiger partial charge on any atom is -0.321 e. The van der Waals surface area contributed by atoms with E-state index in [4.69, 9.17) is 12.2 Å². The van der Waals surface area contributed by atoms with Crippen LogP contribution in [0, 0.1) is 3.95 Å². The molecular weight excluding hydrogens is 432 g/mol. The number of thioether (sulfide) groups is 1. The average molecular weight is 457 g/mol. The molecule has 3 aromatic heterocycles. The van der Waals surface area contributed by atoms with E-state index >= 15 is 0 Å². The summed E-state index contributed by atoms with van der Waals surface area (Å²) in [4.78, 5) is 20.6. The molecule has 0 spiro atoms. The summed E-state index contributed by atoms with van der Waals surface area (Å²) in [6.07, 6.45) is 2.93. The summed E-state index contributed by atoms with van der Waals surface area (Å²) in [7, 11) is 0. The van der Waals surface area contributed by atoms with Crippen molar-refractivity contribution in [3.63, 3.8) is 0 Å². The summed E-state index contributed by atoms with van der Waals surface area (Å²) in [6, 6.07) is 1.68. The number of thiazole rings is 1. The molecule has 28 heavy (non-hydrogen) atoms. The number of quaternary nitrogens is 2. The van der Waals surface area contributed by atoms with Crippen LogP contribution in [0.1, 0.15) is 19.0 Å². The van der Waals surface area contributed by atoms with Gasteiger partial charge in [-0.25, -0.2) is 4.98 Å². The van der Waals surface area contributed by atoms with Crippen LogP contribution in [-0.2, 0) is 13.2 Å². The van der Waals surface area contributed by atoms with Crippen LogP contribution in [0.25, 0.3) is 4.96 Å². The van der Waals surface area contributed by atoms with E-state index in [1.807, 2.05) is 10.1 Å². The van der Waals surface area contributed by atoms with Crippen molar-refractivity contribution in [3.8, 4) is 0 Å². The number of piperazine rings is 1. The molecular formula is C17H24N6OS4+2. The summed E-state index contributed by atoms with van der Waals surface area (Å²) < 4.78 is 5.55. The molecule has 0 amide bonds. The van der Waals surface area contributed by atoms with Gasteiger partial charge in [-0.2, -0.15) is 4.68 Å². The zero-order valence-corrected chi connectivity index (χ0v) is 19.0. The van der Waals surface area contributed by atoms with Crippen molar-refractivity contribution >= 4 is 51.6 Å². The highest BCUT2D eigenvalue weighted by Gasteiger charge is 2.24. The number of aromatic nitrogens is 4. The van der Waals surface area contributed by atoms with Crippen LogP contribution >= 0.6 is 46.7 Å². The molecule has 4 rings (SSSR count). The Bertz CT molecular complexity index is 1050. The zero-order chi connectivity index (χ0) is 19.5. The van der Waals surface area contributed by atoms with Gasteiger partial charge in [0.15, 0.2) is 19.9 Å². The third kappa shape index (κ3) is 4.71. The predicted octanol–water partition coefficient (Wildman–Crippen LogP) is 0.187. The van der Waals surface area contributed by atoms with Crippen LogP contribution in [-0.4, -0.2) is 51.1 Å². The Morgan fingerprint density at radius 3 is 2.86 bits per heavy atom. The molecule has 1 saturated heterocycles. The van der Waals surface area contributed by atoms with Gasteiger partial charge in [-0.3, -0.25) is 9.20 Å². The van der Waals surface area contributed by atoms with Crippen LogP contribution in [0.15, 0.2) is 26.8 Å². The van der Waals surface area contributed by atoms with Crippen LogP contribution in [0.5, 0.6) is 0 Å². The van der Waals surface area contributed by atoms with E-state index < -0.39 is 0 Å². The SMILES string of the molecule is CCCSc1nn(C[NH+]2CC[NH+](Cc3cc(=O)n4ccsc4n3)CC2)c(=S)s1. The van der Waals surface area contributed by atoms with E-state index in [0.29, 0.717) is 0 Å². The summed E-state index contributed by atoms with van der Waals surface area (Å²) in [5, 5.41) is 6.58. The third-order valence-corrected chi connectivity index (χ3v) is 8.25. The second kappa shape index (κ2) is 9.14. The first-order valence-electron chi connectivity index (χ1n) is 9.46. The molecule has 0 saturated carbocycles. The molecule has 11 heteroatoms. The third-order valence-electron chi connectivity index (χ3n) is 4.84. The molecule has 1 aliphatic heterocycles. The van der Waals surface area contributed by atoms with Crippen molar-refractivity contribution < 1.29 is 9.80 Å². The Morgan fingerprint density at radius 2 is 2.07 bits per heavy atom. The molecule has 0 aromatic carbocycles. The van der Waals surface area contributed by atoms with Gasteiger partial charge in [0.05, 0.1) is 0 Å². The van der Waals surface area contributed by atoms with Gasteiger partial charge in [-0.05, 0) is 18.6 Å². The second-order valence-corrected chi connectivity index (χ2v) is 10.8. The second-order valence-electron chi connectivity index (χ2n) is 6.96. The highest BCUT2D eigenvalue weighted by atomic mass is 32.2. The van der Waals surface area contributed by atoms with Crippen LogP contribution in [0.2, 0.25) is 0 Å². The fraction of sp³-hybridized carbons (Fsp3) is 0.529. The minimum atomic E-state index is 0.0135. The Labute approximate surface area is 180 Å². The van der Waals surface area contributed by atoms with E-state index in [0.717, 1.165) is 70.5 Å². The normalized spacial score (nSPS) is 20.0. The number of hydrogen-bond donors (Lipinski definition) is 2. The van der Waals surface area contributed by atoms with Gasteiger partial charge in [0.25, 0.3) is 5.56 Å². The molecule has 4 heterocycles. The van der Waals surface area contributed by atoms with Gasteiger partial charge in [-0.1, -0.05) is 30.0 Å². The molecule has 0 atom stereocenters. The van der Waals surface area contributed by atoms with E-state index in [-0.39, 0.29) is 5.56 Å². The quantitative estimate of drug-likeness (QED) is 0.393. The fourth-order valence-electron chi connectivity index (χ4n) is 3.37. The number of nitrogens with zero attached hydrogens (tertiary/aromatic N) is 4. The lowest BCUT2D eigenvalue weighted by Gasteiger charge is -2.29. The molecule has 2 N–H and O–H groups in total. The maximum atomic E-state index is 12.2. The van der Waals surface area contributed by atoms with Crippen LogP contribution < -0.4 is 15.4 Å². The van der Waals surface area contributed by atoms with E-state index in [2.05, 4.69) is 17.0 Å². The van der Waals surface area contributed by atoms with Crippen molar-refractivity contribution in [2.24, 2.45) is 0 Å². The smallest absolute Gasteiger partial charge is 0.258 e. The maximum absolute atomic E-state index is 12.2.